The van der Waals surface area contributed by atoms with Gasteiger partial charge in [-0.2, -0.15) is 0 Å². The van der Waals surface area contributed by atoms with Crippen LogP contribution in [0, 0.1) is 0 Å². The Labute approximate surface area is 170 Å². The maximum atomic E-state index is 11.8. The quantitative estimate of drug-likeness (QED) is 0.299. The van der Waals surface area contributed by atoms with Crippen molar-refractivity contribution in [2.45, 2.75) is 70.6 Å². The molecule has 0 bridgehead atoms. The van der Waals surface area contributed by atoms with E-state index >= 15 is 0 Å². The molecule has 3 N–H and O–H groups in total. The van der Waals surface area contributed by atoms with Gasteiger partial charge in [0.05, 0.1) is 0 Å². The summed E-state index contributed by atoms with van der Waals surface area (Å²) in [6.07, 6.45) is 10.9. The molecule has 0 saturated carbocycles. The van der Waals surface area contributed by atoms with Gasteiger partial charge in [0.25, 0.3) is 7.52 Å². The number of hydrogen-bond donors (Lipinski definition) is 2. The van der Waals surface area contributed by atoms with Crippen molar-refractivity contribution in [2.75, 3.05) is 6.16 Å². The van der Waals surface area contributed by atoms with E-state index in [1.165, 1.54) is 49.7 Å². The average Bonchev–Trinajstić information content (AvgIpc) is 2.68. The summed E-state index contributed by atoms with van der Waals surface area (Å²) in [4.78, 5) is 9.67. The first-order valence-corrected chi connectivity index (χ1v) is 12.6. The van der Waals surface area contributed by atoms with E-state index in [2.05, 4.69) is 31.2 Å². The SMILES string of the molecule is CCCCCCCCc1ccc(CCC(CP(N)(=O)O)c2ccccc2)cc1. The van der Waals surface area contributed by atoms with E-state index in [9.17, 15) is 9.46 Å². The van der Waals surface area contributed by atoms with Crippen LogP contribution in [0.5, 0.6) is 0 Å². The van der Waals surface area contributed by atoms with Crippen LogP contribution in [0.3, 0.4) is 0 Å². The van der Waals surface area contributed by atoms with Gasteiger partial charge in [-0.15, -0.1) is 0 Å². The molecule has 2 unspecified atom stereocenters. The predicted octanol–water partition coefficient (Wildman–Crippen LogP) is 6.45. The number of hydrogen-bond acceptors (Lipinski definition) is 1. The molecule has 2 atom stereocenters. The number of benzene rings is 2. The summed E-state index contributed by atoms with van der Waals surface area (Å²) in [7, 11) is -3.54. The Morgan fingerprint density at radius 2 is 1.43 bits per heavy atom. The van der Waals surface area contributed by atoms with Crippen LogP contribution in [0.15, 0.2) is 54.6 Å². The zero-order chi connectivity index (χ0) is 20.2. The van der Waals surface area contributed by atoms with Gasteiger partial charge in [0.15, 0.2) is 0 Å². The third kappa shape index (κ3) is 9.19. The first-order valence-electron chi connectivity index (χ1n) is 10.7. The molecule has 0 heterocycles. The number of aryl methyl sites for hydroxylation is 2. The van der Waals surface area contributed by atoms with E-state index in [0.717, 1.165) is 24.8 Å². The van der Waals surface area contributed by atoms with Gasteiger partial charge in [-0.1, -0.05) is 93.6 Å². The van der Waals surface area contributed by atoms with Crippen molar-refractivity contribution in [1.29, 1.82) is 0 Å². The molecule has 3 nitrogen and oxygen atoms in total. The summed E-state index contributed by atoms with van der Waals surface area (Å²) in [5.41, 5.74) is 9.22. The minimum Gasteiger partial charge on any atom is -0.333 e. The number of nitrogens with two attached hydrogens (primary N) is 1. The Kier molecular flexibility index (Phi) is 9.98. The Morgan fingerprint density at radius 1 is 0.857 bits per heavy atom. The van der Waals surface area contributed by atoms with Crippen molar-refractivity contribution in [3.05, 3.63) is 71.3 Å². The summed E-state index contributed by atoms with van der Waals surface area (Å²) in [5, 5.41) is 0. The fraction of sp³-hybridized carbons (Fsp3) is 0.500. The van der Waals surface area contributed by atoms with Gasteiger partial charge in [-0.05, 0) is 48.3 Å². The molecule has 4 heteroatoms. The topological polar surface area (TPSA) is 63.3 Å². The van der Waals surface area contributed by atoms with Crippen molar-refractivity contribution in [3.63, 3.8) is 0 Å². The third-order valence-electron chi connectivity index (χ3n) is 5.38. The highest BCUT2D eigenvalue weighted by Gasteiger charge is 2.21. The Hall–Kier alpha value is -1.41. The highest BCUT2D eigenvalue weighted by molar-refractivity contribution is 7.55. The van der Waals surface area contributed by atoms with Crippen LogP contribution >= 0.6 is 7.52 Å². The number of rotatable bonds is 13. The molecule has 0 aliphatic heterocycles. The molecule has 28 heavy (non-hydrogen) atoms. The van der Waals surface area contributed by atoms with Gasteiger partial charge in [0.2, 0.25) is 0 Å². The average molecular weight is 402 g/mol. The van der Waals surface area contributed by atoms with E-state index in [0.29, 0.717) is 0 Å². The first kappa shape index (κ1) is 22.9. The highest BCUT2D eigenvalue weighted by atomic mass is 31.2. The first-order chi connectivity index (χ1) is 13.5. The Balaban J connectivity index is 1.83. The van der Waals surface area contributed by atoms with E-state index in [-0.39, 0.29) is 12.1 Å². The lowest BCUT2D eigenvalue weighted by molar-refractivity contribution is 0.471. The molecule has 0 amide bonds. The summed E-state index contributed by atoms with van der Waals surface area (Å²) < 4.78 is 11.8. The van der Waals surface area contributed by atoms with Crippen LogP contribution < -0.4 is 5.50 Å². The fourth-order valence-electron chi connectivity index (χ4n) is 3.73. The van der Waals surface area contributed by atoms with Crippen molar-refractivity contribution < 1.29 is 9.46 Å². The Morgan fingerprint density at radius 3 is 2.04 bits per heavy atom. The zero-order valence-electron chi connectivity index (χ0n) is 17.2. The lowest BCUT2D eigenvalue weighted by Crippen LogP contribution is -2.10. The van der Waals surface area contributed by atoms with E-state index in [1.54, 1.807) is 0 Å². The minimum absolute atomic E-state index is 0.00447. The maximum absolute atomic E-state index is 11.8. The Bertz CT molecular complexity index is 709. The normalized spacial score (nSPS) is 14.5. The minimum atomic E-state index is -3.54. The van der Waals surface area contributed by atoms with Crippen LogP contribution in [0.2, 0.25) is 0 Å². The molecular weight excluding hydrogens is 365 g/mol. The lowest BCUT2D eigenvalue weighted by atomic mass is 9.93. The summed E-state index contributed by atoms with van der Waals surface area (Å²) >= 11 is 0. The lowest BCUT2D eigenvalue weighted by Gasteiger charge is -2.19. The van der Waals surface area contributed by atoms with Crippen molar-refractivity contribution in [1.82, 2.24) is 0 Å². The molecule has 0 aliphatic rings. The monoisotopic (exact) mass is 401 g/mol. The van der Waals surface area contributed by atoms with Gasteiger partial charge >= 0.3 is 0 Å². The van der Waals surface area contributed by atoms with Crippen LogP contribution in [0.4, 0.5) is 0 Å². The van der Waals surface area contributed by atoms with Crippen molar-refractivity contribution >= 4 is 7.52 Å². The molecule has 2 rings (SSSR count). The van der Waals surface area contributed by atoms with E-state index < -0.39 is 7.52 Å². The molecule has 0 aliphatic carbocycles. The summed E-state index contributed by atoms with van der Waals surface area (Å²) in [6, 6.07) is 18.8. The zero-order valence-corrected chi connectivity index (χ0v) is 18.1. The van der Waals surface area contributed by atoms with Crippen molar-refractivity contribution in [3.8, 4) is 0 Å². The summed E-state index contributed by atoms with van der Waals surface area (Å²) in [6.45, 7) is 2.25. The molecule has 0 radical (unpaired) electrons. The van der Waals surface area contributed by atoms with Gasteiger partial charge in [-0.25, -0.2) is 0 Å². The van der Waals surface area contributed by atoms with Gasteiger partial charge in [0.1, 0.15) is 0 Å². The van der Waals surface area contributed by atoms with Gasteiger partial charge in [0, 0.05) is 6.16 Å². The third-order valence-corrected chi connectivity index (χ3v) is 6.34. The molecule has 0 spiro atoms. The fourth-order valence-corrected chi connectivity index (χ4v) is 4.75. The second-order valence-electron chi connectivity index (χ2n) is 7.92. The largest absolute Gasteiger partial charge is 0.333 e. The van der Waals surface area contributed by atoms with Gasteiger partial charge < -0.3 is 4.89 Å². The molecule has 0 aromatic heterocycles. The smallest absolute Gasteiger partial charge is 0.265 e. The molecule has 2 aromatic rings. The summed E-state index contributed by atoms with van der Waals surface area (Å²) in [5.74, 6) is 0.00447. The predicted molar refractivity (Wildman–Crippen MR) is 120 cm³/mol. The van der Waals surface area contributed by atoms with Crippen molar-refractivity contribution in [2.24, 2.45) is 5.50 Å². The van der Waals surface area contributed by atoms with E-state index in [4.69, 9.17) is 5.50 Å². The molecule has 0 saturated heterocycles. The second kappa shape index (κ2) is 12.2. The molecule has 154 valence electrons. The van der Waals surface area contributed by atoms with Crippen LogP contribution in [0.1, 0.15) is 74.5 Å². The van der Waals surface area contributed by atoms with Crippen LogP contribution in [0.25, 0.3) is 0 Å². The maximum Gasteiger partial charge on any atom is 0.265 e. The van der Waals surface area contributed by atoms with Crippen LogP contribution in [-0.4, -0.2) is 11.1 Å². The molecule has 2 aromatic carbocycles. The second-order valence-corrected chi connectivity index (χ2v) is 9.80. The molecule has 0 fully saturated rings. The van der Waals surface area contributed by atoms with Gasteiger partial charge in [-0.3, -0.25) is 10.1 Å². The highest BCUT2D eigenvalue weighted by Crippen LogP contribution is 2.38. The molecular formula is C24H36NO2P. The van der Waals surface area contributed by atoms with E-state index in [1.807, 2.05) is 30.3 Å². The standard InChI is InChI=1S/C24H36NO2P/c1-2-3-4-5-6-8-11-21-14-16-22(17-15-21)18-19-24(20-28(25,26)27)23-12-9-7-10-13-23/h7,9-10,12-17,24H,2-6,8,11,18-20H2,1H3,(H3,25,26,27). The number of unbranched alkanes of at least 4 members (excludes halogenated alkanes) is 5. The van der Waals surface area contributed by atoms with Crippen LogP contribution in [-0.2, 0) is 17.4 Å².